The maximum absolute atomic E-state index is 4.41. The van der Waals surface area contributed by atoms with Crippen LogP contribution in [0.5, 0.6) is 0 Å². The van der Waals surface area contributed by atoms with Crippen molar-refractivity contribution in [2.75, 3.05) is 0 Å². The van der Waals surface area contributed by atoms with Crippen LogP contribution in [0.15, 0.2) is 24.8 Å². The first-order valence-corrected chi connectivity index (χ1v) is 5.45. The fourth-order valence-electron chi connectivity index (χ4n) is 1.54. The molecular weight excluding hydrogens is 200 g/mol. The van der Waals surface area contributed by atoms with Crippen LogP contribution in [0.4, 0.5) is 0 Å². The highest BCUT2D eigenvalue weighted by atomic mass is 15.3. The Bertz CT molecular complexity index is 473. The number of pyridine rings is 1. The van der Waals surface area contributed by atoms with Crippen molar-refractivity contribution in [2.45, 2.75) is 33.2 Å². The monoisotopic (exact) mass is 216 g/mol. The molecule has 0 saturated carbocycles. The molecule has 0 bridgehead atoms. The quantitative estimate of drug-likeness (QED) is 0.789. The maximum atomic E-state index is 4.41. The first-order chi connectivity index (χ1) is 7.65. The molecule has 0 radical (unpaired) electrons. The third-order valence-electron chi connectivity index (χ3n) is 2.35. The van der Waals surface area contributed by atoms with Crippen LogP contribution in [-0.4, -0.2) is 19.7 Å². The second kappa shape index (κ2) is 4.43. The maximum Gasteiger partial charge on any atom is 0.153 e. The number of hydrogen-bond acceptors (Lipinski definition) is 3. The van der Waals surface area contributed by atoms with Crippen LogP contribution in [0.1, 0.15) is 36.7 Å². The number of rotatable bonds is 3. The van der Waals surface area contributed by atoms with Crippen molar-refractivity contribution in [1.29, 1.82) is 0 Å². The Balaban J connectivity index is 2.14. The van der Waals surface area contributed by atoms with Crippen LogP contribution in [0.2, 0.25) is 0 Å². The van der Waals surface area contributed by atoms with Gasteiger partial charge in [-0.25, -0.2) is 9.67 Å². The topological polar surface area (TPSA) is 43.6 Å². The Labute approximate surface area is 95.4 Å². The zero-order valence-electron chi connectivity index (χ0n) is 9.88. The normalized spacial score (nSPS) is 11.0. The fraction of sp³-hybridized carbons (Fsp3) is 0.417. The molecule has 4 heteroatoms. The van der Waals surface area contributed by atoms with E-state index in [0.29, 0.717) is 5.92 Å². The third-order valence-corrected chi connectivity index (χ3v) is 2.35. The lowest BCUT2D eigenvalue weighted by atomic mass is 10.2. The minimum absolute atomic E-state index is 0.372. The lowest BCUT2D eigenvalue weighted by molar-refractivity contribution is 0.655. The third kappa shape index (κ3) is 2.45. The summed E-state index contributed by atoms with van der Waals surface area (Å²) in [5.41, 5.74) is 2.32. The first-order valence-electron chi connectivity index (χ1n) is 5.45. The highest BCUT2D eigenvalue weighted by Gasteiger charge is 2.05. The summed E-state index contributed by atoms with van der Waals surface area (Å²) in [6.45, 7) is 6.95. The second-order valence-corrected chi connectivity index (χ2v) is 4.33. The van der Waals surface area contributed by atoms with E-state index in [4.69, 9.17) is 0 Å². The number of nitrogens with zero attached hydrogens (tertiary/aromatic N) is 4. The van der Waals surface area contributed by atoms with Gasteiger partial charge in [0.05, 0.1) is 6.54 Å². The second-order valence-electron chi connectivity index (χ2n) is 4.33. The van der Waals surface area contributed by atoms with E-state index in [1.54, 1.807) is 6.33 Å². The van der Waals surface area contributed by atoms with E-state index in [2.05, 4.69) is 35.0 Å². The highest BCUT2D eigenvalue weighted by molar-refractivity contribution is 5.16. The lowest BCUT2D eigenvalue weighted by Crippen LogP contribution is -2.02. The molecule has 0 aliphatic heterocycles. The molecule has 0 aliphatic rings. The molecule has 0 N–H and O–H groups in total. The van der Waals surface area contributed by atoms with Crippen LogP contribution in [0, 0.1) is 6.92 Å². The first kappa shape index (κ1) is 10.8. The lowest BCUT2D eigenvalue weighted by Gasteiger charge is -2.01. The van der Waals surface area contributed by atoms with Gasteiger partial charge in [-0.15, -0.1) is 0 Å². The summed E-state index contributed by atoms with van der Waals surface area (Å²) >= 11 is 0. The molecule has 2 aromatic heterocycles. The molecule has 2 rings (SSSR count). The van der Waals surface area contributed by atoms with Crippen molar-refractivity contribution in [1.82, 2.24) is 19.7 Å². The summed E-state index contributed by atoms with van der Waals surface area (Å²) in [6.07, 6.45) is 5.49. The van der Waals surface area contributed by atoms with E-state index in [-0.39, 0.29) is 0 Å². The Morgan fingerprint density at radius 3 is 2.75 bits per heavy atom. The molecule has 0 unspecified atom stereocenters. The molecule has 2 aromatic rings. The minimum Gasteiger partial charge on any atom is -0.264 e. The number of hydrogen-bond donors (Lipinski definition) is 0. The van der Waals surface area contributed by atoms with Gasteiger partial charge < -0.3 is 0 Å². The van der Waals surface area contributed by atoms with E-state index < -0.39 is 0 Å². The number of aryl methyl sites for hydroxylation is 1. The molecule has 84 valence electrons. The summed E-state index contributed by atoms with van der Waals surface area (Å²) in [4.78, 5) is 8.43. The van der Waals surface area contributed by atoms with Crippen molar-refractivity contribution >= 4 is 0 Å². The number of aromatic nitrogens is 4. The van der Waals surface area contributed by atoms with Gasteiger partial charge in [-0.05, 0) is 18.1 Å². The molecule has 0 amide bonds. The van der Waals surface area contributed by atoms with Gasteiger partial charge in [0.2, 0.25) is 0 Å². The Kier molecular flexibility index (Phi) is 2.99. The Morgan fingerprint density at radius 1 is 1.31 bits per heavy atom. The SMILES string of the molecule is Cc1cncc(Cn2cnc(C(C)C)n2)c1. The van der Waals surface area contributed by atoms with E-state index in [9.17, 15) is 0 Å². The Hall–Kier alpha value is -1.71. The molecule has 0 spiro atoms. The summed E-state index contributed by atoms with van der Waals surface area (Å²) in [6, 6.07) is 2.11. The summed E-state index contributed by atoms with van der Waals surface area (Å²) in [5.74, 6) is 1.26. The van der Waals surface area contributed by atoms with Crippen LogP contribution in [-0.2, 0) is 6.54 Å². The molecule has 0 atom stereocenters. The zero-order valence-corrected chi connectivity index (χ0v) is 9.88. The van der Waals surface area contributed by atoms with Crippen molar-refractivity contribution < 1.29 is 0 Å². The van der Waals surface area contributed by atoms with Gasteiger partial charge in [0.1, 0.15) is 6.33 Å². The average Bonchev–Trinajstić information content (AvgIpc) is 2.66. The van der Waals surface area contributed by atoms with Crippen molar-refractivity contribution in [3.8, 4) is 0 Å². The average molecular weight is 216 g/mol. The summed E-state index contributed by atoms with van der Waals surface area (Å²) < 4.78 is 1.85. The van der Waals surface area contributed by atoms with Crippen LogP contribution >= 0.6 is 0 Å². The van der Waals surface area contributed by atoms with E-state index >= 15 is 0 Å². The van der Waals surface area contributed by atoms with Crippen molar-refractivity contribution in [2.24, 2.45) is 0 Å². The van der Waals surface area contributed by atoms with E-state index in [1.165, 1.54) is 5.56 Å². The van der Waals surface area contributed by atoms with Gasteiger partial charge in [-0.1, -0.05) is 19.9 Å². The van der Waals surface area contributed by atoms with Crippen molar-refractivity contribution in [3.05, 3.63) is 41.7 Å². The largest absolute Gasteiger partial charge is 0.264 e. The summed E-state index contributed by atoms with van der Waals surface area (Å²) in [5, 5.41) is 4.41. The smallest absolute Gasteiger partial charge is 0.153 e. The highest BCUT2D eigenvalue weighted by Crippen LogP contribution is 2.08. The van der Waals surface area contributed by atoms with E-state index in [0.717, 1.165) is 17.9 Å². The molecule has 0 fully saturated rings. The Morgan fingerprint density at radius 2 is 2.12 bits per heavy atom. The summed E-state index contributed by atoms with van der Waals surface area (Å²) in [7, 11) is 0. The predicted molar refractivity (Wildman–Crippen MR) is 62.2 cm³/mol. The van der Waals surface area contributed by atoms with Crippen LogP contribution in [0.25, 0.3) is 0 Å². The molecule has 0 aromatic carbocycles. The van der Waals surface area contributed by atoms with Gasteiger partial charge in [-0.2, -0.15) is 5.10 Å². The van der Waals surface area contributed by atoms with Crippen LogP contribution in [0.3, 0.4) is 0 Å². The molecule has 2 heterocycles. The van der Waals surface area contributed by atoms with Crippen molar-refractivity contribution in [3.63, 3.8) is 0 Å². The molecular formula is C12H16N4. The standard InChI is InChI=1S/C12H16N4/c1-9(2)12-14-8-16(15-12)7-11-4-10(3)5-13-6-11/h4-6,8-9H,7H2,1-3H3. The fourth-order valence-corrected chi connectivity index (χ4v) is 1.54. The van der Waals surface area contributed by atoms with Gasteiger partial charge in [0, 0.05) is 18.3 Å². The molecule has 0 saturated heterocycles. The molecule has 16 heavy (non-hydrogen) atoms. The zero-order chi connectivity index (χ0) is 11.5. The van der Waals surface area contributed by atoms with Gasteiger partial charge >= 0.3 is 0 Å². The van der Waals surface area contributed by atoms with Crippen LogP contribution < -0.4 is 0 Å². The molecule has 0 aliphatic carbocycles. The van der Waals surface area contributed by atoms with Gasteiger partial charge in [-0.3, -0.25) is 4.98 Å². The van der Waals surface area contributed by atoms with Gasteiger partial charge in [0.15, 0.2) is 5.82 Å². The predicted octanol–water partition coefficient (Wildman–Crippen LogP) is 2.15. The van der Waals surface area contributed by atoms with Gasteiger partial charge in [0.25, 0.3) is 0 Å². The molecule has 4 nitrogen and oxygen atoms in total. The minimum atomic E-state index is 0.372. The van der Waals surface area contributed by atoms with E-state index in [1.807, 2.05) is 24.0 Å².